The maximum absolute atomic E-state index is 10.7. The van der Waals surface area contributed by atoms with Crippen molar-refractivity contribution in [3.63, 3.8) is 0 Å². The summed E-state index contributed by atoms with van der Waals surface area (Å²) < 4.78 is 4.91. The molecule has 0 fully saturated rings. The van der Waals surface area contributed by atoms with Crippen molar-refractivity contribution < 1.29 is 4.42 Å². The van der Waals surface area contributed by atoms with E-state index in [-0.39, 0.29) is 5.63 Å². The molecule has 1 aromatic carbocycles. The number of benzene rings is 1. The fraction of sp³-hybridized carbons (Fsp3) is 0.474. The molecule has 5 nitrogen and oxygen atoms in total. The summed E-state index contributed by atoms with van der Waals surface area (Å²) in [6, 6.07) is 10.6. The SMILES string of the molecule is CCN(CC)CCCC(=S)NC.CN.O=c1ccc2ccccc2o1. The van der Waals surface area contributed by atoms with E-state index in [0.717, 1.165) is 36.4 Å². The van der Waals surface area contributed by atoms with Crippen molar-refractivity contribution in [3.8, 4) is 0 Å². The fourth-order valence-corrected chi connectivity index (χ4v) is 2.28. The second kappa shape index (κ2) is 14.6. The Morgan fingerprint density at radius 3 is 2.40 bits per heavy atom. The molecule has 0 atom stereocenters. The van der Waals surface area contributed by atoms with Gasteiger partial charge in [0, 0.05) is 18.5 Å². The largest absolute Gasteiger partial charge is 0.423 e. The molecule has 1 heterocycles. The topological polar surface area (TPSA) is 71.5 Å². The molecule has 0 spiro atoms. The number of nitrogens with two attached hydrogens (primary N) is 1. The molecular weight excluding hydrogens is 334 g/mol. The molecule has 0 unspecified atom stereocenters. The van der Waals surface area contributed by atoms with Gasteiger partial charge >= 0.3 is 5.63 Å². The Kier molecular flexibility index (Phi) is 13.5. The highest BCUT2D eigenvalue weighted by Gasteiger charge is 1.99. The number of rotatable bonds is 6. The van der Waals surface area contributed by atoms with E-state index in [4.69, 9.17) is 16.6 Å². The summed E-state index contributed by atoms with van der Waals surface area (Å²) in [6.45, 7) is 7.83. The molecule has 0 radical (unpaired) electrons. The van der Waals surface area contributed by atoms with Gasteiger partial charge in [0.15, 0.2) is 0 Å². The standard InChI is InChI=1S/C9H20N2S.C9H6O2.CH5N/c1-4-11(5-2)8-6-7-9(12)10-3;10-9-6-5-7-3-1-2-4-8(7)11-9;1-2/h4-8H2,1-3H3,(H,10,12);1-6H;2H2,1H3. The van der Waals surface area contributed by atoms with E-state index in [1.165, 1.54) is 19.5 Å². The molecular formula is C19H31N3O2S. The minimum atomic E-state index is -0.302. The molecule has 1 aromatic heterocycles. The Morgan fingerprint density at radius 1 is 1.16 bits per heavy atom. The van der Waals surface area contributed by atoms with E-state index < -0.39 is 0 Å². The number of para-hydroxylation sites is 1. The van der Waals surface area contributed by atoms with Crippen molar-refractivity contribution in [2.24, 2.45) is 5.73 Å². The van der Waals surface area contributed by atoms with Crippen LogP contribution in [0.1, 0.15) is 26.7 Å². The van der Waals surface area contributed by atoms with Crippen molar-refractivity contribution >= 4 is 28.2 Å². The summed E-state index contributed by atoms with van der Waals surface area (Å²) >= 11 is 5.05. The highest BCUT2D eigenvalue weighted by Crippen LogP contribution is 2.08. The van der Waals surface area contributed by atoms with Gasteiger partial charge in [-0.2, -0.15) is 0 Å². The number of thiocarbonyl (C=S) groups is 1. The molecule has 2 rings (SSSR count). The van der Waals surface area contributed by atoms with E-state index in [1.54, 1.807) is 12.1 Å². The van der Waals surface area contributed by atoms with Crippen LogP contribution in [0.25, 0.3) is 11.0 Å². The van der Waals surface area contributed by atoms with E-state index in [0.29, 0.717) is 5.58 Å². The van der Waals surface area contributed by atoms with Gasteiger partial charge in [-0.05, 0) is 51.7 Å². The normalized spacial score (nSPS) is 9.68. The monoisotopic (exact) mass is 365 g/mol. The zero-order valence-corrected chi connectivity index (χ0v) is 16.6. The maximum atomic E-state index is 10.7. The van der Waals surface area contributed by atoms with Crippen molar-refractivity contribution in [2.75, 3.05) is 33.7 Å². The van der Waals surface area contributed by atoms with Gasteiger partial charge in [-0.3, -0.25) is 0 Å². The lowest BCUT2D eigenvalue weighted by molar-refractivity contribution is 0.302. The van der Waals surface area contributed by atoms with E-state index in [1.807, 2.05) is 25.2 Å². The first-order valence-corrected chi connectivity index (χ1v) is 9.01. The van der Waals surface area contributed by atoms with Crippen molar-refractivity contribution in [2.45, 2.75) is 26.7 Å². The molecule has 6 heteroatoms. The quantitative estimate of drug-likeness (QED) is 0.606. The first-order valence-electron chi connectivity index (χ1n) is 8.60. The van der Waals surface area contributed by atoms with Crippen LogP contribution >= 0.6 is 12.2 Å². The number of nitrogens with one attached hydrogen (secondary N) is 1. The number of hydrogen-bond acceptors (Lipinski definition) is 5. The molecule has 0 aliphatic carbocycles. The lowest BCUT2D eigenvalue weighted by Crippen LogP contribution is -2.25. The van der Waals surface area contributed by atoms with Crippen LogP contribution in [0, 0.1) is 0 Å². The van der Waals surface area contributed by atoms with Gasteiger partial charge in [0.2, 0.25) is 0 Å². The lowest BCUT2D eigenvalue weighted by Gasteiger charge is -2.17. The van der Waals surface area contributed by atoms with Crippen molar-refractivity contribution in [1.29, 1.82) is 0 Å². The molecule has 0 bridgehead atoms. The summed E-state index contributed by atoms with van der Waals surface area (Å²) in [6.07, 6.45) is 2.18. The van der Waals surface area contributed by atoms with Gasteiger partial charge in [-0.25, -0.2) is 4.79 Å². The average Bonchev–Trinajstić information content (AvgIpc) is 2.67. The Bertz CT molecular complexity index is 654. The van der Waals surface area contributed by atoms with Gasteiger partial charge in [-0.15, -0.1) is 0 Å². The van der Waals surface area contributed by atoms with Crippen LogP contribution in [0.3, 0.4) is 0 Å². The Morgan fingerprint density at radius 2 is 1.80 bits per heavy atom. The number of fused-ring (bicyclic) bond motifs is 1. The zero-order valence-electron chi connectivity index (χ0n) is 15.7. The average molecular weight is 366 g/mol. The summed E-state index contributed by atoms with van der Waals surface area (Å²) in [5, 5.41) is 3.94. The third-order valence-corrected chi connectivity index (χ3v) is 3.99. The predicted molar refractivity (Wildman–Crippen MR) is 111 cm³/mol. The van der Waals surface area contributed by atoms with E-state index >= 15 is 0 Å². The number of hydrogen-bond donors (Lipinski definition) is 2. The second-order valence-electron chi connectivity index (χ2n) is 5.10. The second-order valence-corrected chi connectivity index (χ2v) is 5.59. The fourth-order valence-electron chi connectivity index (χ4n) is 2.14. The highest BCUT2D eigenvalue weighted by molar-refractivity contribution is 7.80. The molecule has 2 aromatic rings. The molecule has 0 saturated carbocycles. The van der Waals surface area contributed by atoms with Crippen molar-refractivity contribution in [1.82, 2.24) is 10.2 Å². The molecule has 25 heavy (non-hydrogen) atoms. The van der Waals surface area contributed by atoms with Gasteiger partial charge in [0.05, 0.1) is 4.99 Å². The minimum absolute atomic E-state index is 0.302. The molecule has 0 aliphatic rings. The van der Waals surface area contributed by atoms with Gasteiger partial charge < -0.3 is 20.4 Å². The molecule has 0 aliphatic heterocycles. The van der Waals surface area contributed by atoms with Crippen LogP contribution in [0.15, 0.2) is 45.6 Å². The first kappa shape index (κ1) is 23.2. The van der Waals surface area contributed by atoms with Gasteiger partial charge in [0.1, 0.15) is 5.58 Å². The minimum Gasteiger partial charge on any atom is -0.423 e. The third kappa shape index (κ3) is 9.96. The van der Waals surface area contributed by atoms with Crippen molar-refractivity contribution in [3.05, 3.63) is 46.8 Å². The first-order chi connectivity index (χ1) is 12.1. The van der Waals surface area contributed by atoms with Crippen LogP contribution in [-0.4, -0.2) is 43.6 Å². The van der Waals surface area contributed by atoms with E-state index in [9.17, 15) is 4.79 Å². The van der Waals surface area contributed by atoms with Crippen LogP contribution in [-0.2, 0) is 0 Å². The Hall–Kier alpha value is -1.76. The highest BCUT2D eigenvalue weighted by atomic mass is 32.1. The molecule has 0 saturated heterocycles. The Balaban J connectivity index is 0.000000419. The predicted octanol–water partition coefficient (Wildman–Crippen LogP) is 3.02. The van der Waals surface area contributed by atoms with Crippen LogP contribution in [0.2, 0.25) is 0 Å². The summed E-state index contributed by atoms with van der Waals surface area (Å²) in [4.78, 5) is 14.1. The van der Waals surface area contributed by atoms with Gasteiger partial charge in [0.25, 0.3) is 0 Å². The Labute approximate surface area is 156 Å². The van der Waals surface area contributed by atoms with Crippen LogP contribution < -0.4 is 16.7 Å². The lowest BCUT2D eigenvalue weighted by atomic mass is 10.2. The third-order valence-electron chi connectivity index (χ3n) is 3.58. The van der Waals surface area contributed by atoms with Crippen LogP contribution in [0.5, 0.6) is 0 Å². The summed E-state index contributed by atoms with van der Waals surface area (Å²) in [7, 11) is 3.39. The van der Waals surface area contributed by atoms with E-state index in [2.05, 4.69) is 29.8 Å². The van der Waals surface area contributed by atoms with Gasteiger partial charge in [-0.1, -0.05) is 44.3 Å². The number of nitrogens with zero attached hydrogens (tertiary/aromatic N) is 1. The summed E-state index contributed by atoms with van der Waals surface area (Å²) in [5.41, 5.74) is 4.84. The smallest absolute Gasteiger partial charge is 0.336 e. The molecule has 3 N–H and O–H groups in total. The molecule has 0 amide bonds. The summed E-state index contributed by atoms with van der Waals surface area (Å²) in [5.74, 6) is 0. The van der Waals surface area contributed by atoms with Crippen LogP contribution in [0.4, 0.5) is 0 Å². The maximum Gasteiger partial charge on any atom is 0.336 e. The molecule has 140 valence electrons. The zero-order chi connectivity index (χ0) is 19.1.